The molecule has 1 aromatic carbocycles. The number of aromatic amines is 1. The number of carbonyl (C=O) groups is 1. The predicted octanol–water partition coefficient (Wildman–Crippen LogP) is 2.57. The summed E-state index contributed by atoms with van der Waals surface area (Å²) in [5, 5.41) is 9.91. The number of amides is 1. The molecule has 2 heterocycles. The van der Waals surface area contributed by atoms with E-state index in [2.05, 4.69) is 34.3 Å². The Kier molecular flexibility index (Phi) is 6.84. The highest BCUT2D eigenvalue weighted by Gasteiger charge is 2.12. The first-order chi connectivity index (χ1) is 13.1. The van der Waals surface area contributed by atoms with Gasteiger partial charge in [0.2, 0.25) is 0 Å². The molecule has 0 spiro atoms. The molecule has 1 aromatic heterocycles. The highest BCUT2D eigenvalue weighted by atomic mass is 16.5. The number of ether oxygens (including phenoxy) is 2. The molecule has 1 aliphatic heterocycles. The topological polar surface area (TPSA) is 79.5 Å². The molecule has 0 atom stereocenters. The van der Waals surface area contributed by atoms with Gasteiger partial charge in [-0.05, 0) is 30.5 Å². The third kappa shape index (κ3) is 6.08. The molecule has 1 saturated heterocycles. The smallest absolute Gasteiger partial charge is 0.276 e. The van der Waals surface area contributed by atoms with Crippen molar-refractivity contribution in [3.8, 4) is 5.75 Å². The zero-order valence-corrected chi connectivity index (χ0v) is 16.0. The molecular weight excluding hydrogens is 344 g/mol. The van der Waals surface area contributed by atoms with Crippen LogP contribution in [0.1, 0.15) is 30.0 Å². The van der Waals surface area contributed by atoms with E-state index in [-0.39, 0.29) is 5.91 Å². The fourth-order valence-electron chi connectivity index (χ4n) is 3.00. The standard InChI is InChI=1S/C20H28N4O3/c1-15(2)12-17-14-19(23-22-17)20(25)21-16-4-3-5-18(13-16)27-11-8-24-6-9-26-10-7-24/h3-5,13-15H,6-12H2,1-2H3,(H,21,25)(H,22,23). The van der Waals surface area contributed by atoms with E-state index in [0.29, 0.717) is 23.9 Å². The Balaban J connectivity index is 1.50. The van der Waals surface area contributed by atoms with Crippen molar-refractivity contribution in [3.05, 3.63) is 41.7 Å². The summed E-state index contributed by atoms with van der Waals surface area (Å²) in [4.78, 5) is 14.7. The first kappa shape index (κ1) is 19.4. The van der Waals surface area contributed by atoms with E-state index >= 15 is 0 Å². The van der Waals surface area contributed by atoms with Crippen molar-refractivity contribution in [3.63, 3.8) is 0 Å². The van der Waals surface area contributed by atoms with Crippen LogP contribution in [0.4, 0.5) is 5.69 Å². The van der Waals surface area contributed by atoms with Crippen LogP contribution in [0.15, 0.2) is 30.3 Å². The van der Waals surface area contributed by atoms with Gasteiger partial charge in [-0.1, -0.05) is 19.9 Å². The molecule has 1 fully saturated rings. The number of hydrogen-bond acceptors (Lipinski definition) is 5. The molecule has 1 amide bonds. The minimum Gasteiger partial charge on any atom is -0.492 e. The molecule has 2 N–H and O–H groups in total. The third-order valence-corrected chi connectivity index (χ3v) is 4.36. The number of H-pyrrole nitrogens is 1. The SMILES string of the molecule is CC(C)Cc1cc(C(=O)Nc2cccc(OCCN3CCOCC3)c2)n[nH]1. The van der Waals surface area contributed by atoms with Crippen LogP contribution in [0.5, 0.6) is 5.75 Å². The highest BCUT2D eigenvalue weighted by Crippen LogP contribution is 2.18. The van der Waals surface area contributed by atoms with Crippen molar-refractivity contribution in [1.82, 2.24) is 15.1 Å². The van der Waals surface area contributed by atoms with Crippen LogP contribution in [0.3, 0.4) is 0 Å². The first-order valence-electron chi connectivity index (χ1n) is 9.49. The summed E-state index contributed by atoms with van der Waals surface area (Å²) in [5.41, 5.74) is 2.05. The summed E-state index contributed by atoms with van der Waals surface area (Å²) in [5.74, 6) is 1.02. The minimum atomic E-state index is -0.230. The van der Waals surface area contributed by atoms with Gasteiger partial charge in [0, 0.05) is 37.1 Å². The number of benzene rings is 1. The Morgan fingerprint density at radius 2 is 2.15 bits per heavy atom. The van der Waals surface area contributed by atoms with Gasteiger partial charge in [-0.15, -0.1) is 0 Å². The fourth-order valence-corrected chi connectivity index (χ4v) is 3.00. The molecule has 0 bridgehead atoms. The lowest BCUT2D eigenvalue weighted by Crippen LogP contribution is -2.38. The summed E-state index contributed by atoms with van der Waals surface area (Å²) in [6.07, 6.45) is 0.868. The lowest BCUT2D eigenvalue weighted by Gasteiger charge is -2.26. The molecule has 27 heavy (non-hydrogen) atoms. The number of nitrogens with one attached hydrogen (secondary N) is 2. The van der Waals surface area contributed by atoms with Crippen molar-refractivity contribution in [2.75, 3.05) is 44.8 Å². The summed E-state index contributed by atoms with van der Waals surface area (Å²) in [7, 11) is 0. The van der Waals surface area contributed by atoms with E-state index in [1.807, 2.05) is 24.3 Å². The largest absolute Gasteiger partial charge is 0.492 e. The average Bonchev–Trinajstić information content (AvgIpc) is 3.11. The summed E-state index contributed by atoms with van der Waals surface area (Å²) in [6, 6.07) is 9.24. The van der Waals surface area contributed by atoms with Crippen LogP contribution in [-0.4, -0.2) is 60.5 Å². The van der Waals surface area contributed by atoms with Gasteiger partial charge in [-0.2, -0.15) is 5.10 Å². The van der Waals surface area contributed by atoms with Gasteiger partial charge in [-0.25, -0.2) is 0 Å². The maximum Gasteiger partial charge on any atom is 0.276 e. The lowest BCUT2D eigenvalue weighted by atomic mass is 10.1. The molecule has 7 nitrogen and oxygen atoms in total. The molecule has 0 unspecified atom stereocenters. The van der Waals surface area contributed by atoms with Crippen molar-refractivity contribution >= 4 is 11.6 Å². The summed E-state index contributed by atoms with van der Waals surface area (Å²) < 4.78 is 11.2. The van der Waals surface area contributed by atoms with Crippen molar-refractivity contribution in [1.29, 1.82) is 0 Å². The van der Waals surface area contributed by atoms with E-state index in [0.717, 1.165) is 50.7 Å². The normalized spacial score (nSPS) is 15.1. The highest BCUT2D eigenvalue weighted by molar-refractivity contribution is 6.02. The maximum absolute atomic E-state index is 12.4. The Labute approximate surface area is 160 Å². The van der Waals surface area contributed by atoms with E-state index < -0.39 is 0 Å². The van der Waals surface area contributed by atoms with Crippen LogP contribution in [0.2, 0.25) is 0 Å². The zero-order valence-electron chi connectivity index (χ0n) is 16.0. The van der Waals surface area contributed by atoms with Crippen molar-refractivity contribution in [2.45, 2.75) is 20.3 Å². The molecule has 2 aromatic rings. The van der Waals surface area contributed by atoms with Gasteiger partial charge < -0.3 is 14.8 Å². The summed E-state index contributed by atoms with van der Waals surface area (Å²) >= 11 is 0. The summed E-state index contributed by atoms with van der Waals surface area (Å²) in [6.45, 7) is 9.20. The predicted molar refractivity (Wildman–Crippen MR) is 104 cm³/mol. The number of hydrogen-bond donors (Lipinski definition) is 2. The lowest BCUT2D eigenvalue weighted by molar-refractivity contribution is 0.0322. The number of rotatable bonds is 8. The first-order valence-corrected chi connectivity index (χ1v) is 9.49. The Hall–Kier alpha value is -2.38. The van der Waals surface area contributed by atoms with Gasteiger partial charge in [0.25, 0.3) is 5.91 Å². The number of morpholine rings is 1. The van der Waals surface area contributed by atoms with E-state index in [1.54, 1.807) is 6.07 Å². The number of aromatic nitrogens is 2. The molecule has 0 aliphatic carbocycles. The molecule has 7 heteroatoms. The van der Waals surface area contributed by atoms with Gasteiger partial charge in [0.15, 0.2) is 5.69 Å². The Morgan fingerprint density at radius 1 is 1.33 bits per heavy atom. The van der Waals surface area contributed by atoms with E-state index in [1.165, 1.54) is 0 Å². The van der Waals surface area contributed by atoms with Crippen LogP contribution in [-0.2, 0) is 11.2 Å². The van der Waals surface area contributed by atoms with Crippen molar-refractivity contribution in [2.24, 2.45) is 5.92 Å². The quantitative estimate of drug-likeness (QED) is 0.745. The molecule has 0 radical (unpaired) electrons. The average molecular weight is 372 g/mol. The second-order valence-corrected chi connectivity index (χ2v) is 7.16. The molecule has 1 aliphatic rings. The van der Waals surface area contributed by atoms with Crippen LogP contribution in [0.25, 0.3) is 0 Å². The van der Waals surface area contributed by atoms with Crippen LogP contribution < -0.4 is 10.1 Å². The Bertz CT molecular complexity index is 738. The number of carbonyl (C=O) groups excluding carboxylic acids is 1. The third-order valence-electron chi connectivity index (χ3n) is 4.36. The fraction of sp³-hybridized carbons (Fsp3) is 0.500. The minimum absolute atomic E-state index is 0.230. The van der Waals surface area contributed by atoms with Gasteiger partial charge in [-0.3, -0.25) is 14.8 Å². The van der Waals surface area contributed by atoms with Gasteiger partial charge >= 0.3 is 0 Å². The molecular formula is C20H28N4O3. The van der Waals surface area contributed by atoms with E-state index in [9.17, 15) is 4.79 Å². The molecule has 146 valence electrons. The van der Waals surface area contributed by atoms with Gasteiger partial charge in [0.1, 0.15) is 12.4 Å². The number of anilines is 1. The Morgan fingerprint density at radius 3 is 2.93 bits per heavy atom. The van der Waals surface area contributed by atoms with E-state index in [4.69, 9.17) is 9.47 Å². The van der Waals surface area contributed by atoms with Crippen molar-refractivity contribution < 1.29 is 14.3 Å². The second-order valence-electron chi connectivity index (χ2n) is 7.16. The maximum atomic E-state index is 12.4. The second kappa shape index (κ2) is 9.53. The van der Waals surface area contributed by atoms with Gasteiger partial charge in [0.05, 0.1) is 13.2 Å². The molecule has 0 saturated carbocycles. The van der Waals surface area contributed by atoms with Crippen LogP contribution >= 0.6 is 0 Å². The van der Waals surface area contributed by atoms with Crippen LogP contribution in [0, 0.1) is 5.92 Å². The monoisotopic (exact) mass is 372 g/mol. The zero-order chi connectivity index (χ0) is 19.1. The molecule has 3 rings (SSSR count). The number of nitrogens with zero attached hydrogens (tertiary/aromatic N) is 2.